The number of benzene rings is 3. The average Bonchev–Trinajstić information content (AvgIpc) is 1.75. The number of aromatic hydroxyl groups is 1. The lowest BCUT2D eigenvalue weighted by molar-refractivity contribution is -0.149. The SMILES string of the molecule is CCCC[C@H]1C(=O)N(C)[C@@H](CCCC)C(=O)N[C@@H](CC(C)C)C(=O)N[C@H](C(=O)NCC(N)=O)CSCC(=O)N[C@@H](Cc2ccc(O)cc2)C(=O)N(C)[C@@H](C)C(=O)N[C@@H](CC(=O)O)C(=O)N2CCC[C@H]2C(=O)N[C@@H](CCCCN)C(=O)N[C@@H](CC(C)C)C(=O)N2CCC[C@H]2C(=O)C[C@@H](Cc2c[nH]c3ccccc23)C(=O)N[C@@H](CO)C(=O)N[C@@H](Cc2c[nH]c3ccccc23)C(=O)N1C. The van der Waals surface area contributed by atoms with Gasteiger partial charge in [0.1, 0.15) is 78.3 Å². The summed E-state index contributed by atoms with van der Waals surface area (Å²) in [5, 5.41) is 57.2. The number of phenols is 1. The summed E-state index contributed by atoms with van der Waals surface area (Å²) in [5.41, 5.74) is 14.3. The fourth-order valence-corrected chi connectivity index (χ4v) is 17.7. The number of hydrogen-bond acceptors (Lipinski definition) is 21. The van der Waals surface area contributed by atoms with Crippen LogP contribution in [0.3, 0.4) is 0 Å². The second-order valence-electron chi connectivity index (χ2n) is 35.2. The number of Topliss-reactive ketones (excluding diaryl/α,β-unsaturated/α-hetero) is 1. The number of phenolic OH excluding ortho intramolecular Hbond substituents is 1. The molecule has 0 aliphatic carbocycles. The molecule has 3 aliphatic heterocycles. The predicted octanol–water partition coefficient (Wildman–Crippen LogP) is 1.74. The number of aliphatic hydroxyl groups is 1. The van der Waals surface area contributed by atoms with E-state index in [1.54, 1.807) is 56.6 Å². The normalized spacial score (nSPS) is 24.8. The van der Waals surface area contributed by atoms with Crippen LogP contribution in [0.4, 0.5) is 0 Å². The largest absolute Gasteiger partial charge is 0.508 e. The van der Waals surface area contributed by atoms with Crippen LogP contribution in [0.2, 0.25) is 0 Å². The number of amides is 15. The molecule has 0 unspecified atom stereocenters. The van der Waals surface area contributed by atoms with E-state index < -0.39 is 222 Å². The smallest absolute Gasteiger partial charge is 0.305 e. The standard InChI is InChI=1S/C92H132N18O20S/c1-11-13-28-73-86(124)100-65(39-52(3)4)84(122)105-71(82(120)97-48-77(94)114)50-131-51-78(115)98-67(41-55-32-34-59(112)35-33-55)88(126)106(8)54(7)80(118)101-69(45-79(116)117)91(129)110-38-22-31-74(110)87(125)99-64(27-19-20-36-93)83(121)102-66(40-53(5)6)90(128)109-37-21-30-72(109)76(113)44-56(42-57-46-95-62-25-17-15-23-60(57)62)81(119)104-70(49-111)85(123)103-68(43-58-47-96-63-26-18-16-24-61(58)63)89(127)108(10)75(29-14-12-2)92(130)107(73)9/h15-18,23-26,32-35,46-47,52-54,56,64-75,95-96,111-112H,11-14,19-22,27-31,36-45,48-51,93H2,1-10H3,(H2,94,114)(H,97,120)(H,98,115)(H,99,125)(H,100,124)(H,101,118)(H,102,121)(H,103,123)(H,104,119)(H,105,122)(H,116,117)/t54-,56+,64-,65-,66-,67-,68-,69-,70-,71-,72-,73-,74-,75-/m0/s1. The molecular formula is C92H132N18O20S. The Hall–Kier alpha value is -12.0. The number of likely N-dealkylation sites (N-methyl/N-ethyl adjacent to an activating group) is 3. The van der Waals surface area contributed by atoms with Gasteiger partial charge in [-0.1, -0.05) is 116 Å². The van der Waals surface area contributed by atoms with Crippen molar-refractivity contribution in [3.8, 4) is 5.75 Å². The van der Waals surface area contributed by atoms with Crippen LogP contribution >= 0.6 is 11.8 Å². The Bertz CT molecular complexity index is 4850. The number of aromatic amines is 2. The number of carboxylic acid groups (broad SMARTS) is 1. The van der Waals surface area contributed by atoms with Crippen molar-refractivity contribution in [1.82, 2.24) is 82.3 Å². The van der Waals surface area contributed by atoms with Crippen LogP contribution in [-0.4, -0.2) is 294 Å². The highest BCUT2D eigenvalue weighted by Gasteiger charge is 2.46. The Morgan fingerprint density at radius 1 is 0.527 bits per heavy atom. The number of fused-ring (bicyclic) bond motifs is 4. The lowest BCUT2D eigenvalue weighted by atomic mass is 9.90. The minimum atomic E-state index is -1.85. The van der Waals surface area contributed by atoms with Gasteiger partial charge in [0, 0.05) is 99.4 Å². The van der Waals surface area contributed by atoms with E-state index in [1.165, 1.54) is 67.0 Å². The van der Waals surface area contributed by atoms with E-state index in [-0.39, 0.29) is 114 Å². The molecule has 38 nitrogen and oxygen atoms in total. The number of ketones is 1. The van der Waals surface area contributed by atoms with Crippen LogP contribution in [0.1, 0.15) is 174 Å². The van der Waals surface area contributed by atoms with Crippen LogP contribution < -0.4 is 59.3 Å². The zero-order valence-corrected chi connectivity index (χ0v) is 77.3. The molecule has 15 amide bonds. The van der Waals surface area contributed by atoms with Crippen molar-refractivity contribution in [2.45, 2.75) is 255 Å². The molecule has 0 saturated carbocycles. The highest BCUT2D eigenvalue weighted by atomic mass is 32.2. The Balaban J connectivity index is 1.18. The number of hydrogen-bond donors (Lipinski definition) is 16. The predicted molar refractivity (Wildman–Crippen MR) is 489 cm³/mol. The van der Waals surface area contributed by atoms with Gasteiger partial charge in [0.25, 0.3) is 0 Å². The summed E-state index contributed by atoms with van der Waals surface area (Å²) >= 11 is 0.798. The first kappa shape index (κ1) is 104. The van der Waals surface area contributed by atoms with E-state index >= 15 is 33.6 Å². The van der Waals surface area contributed by atoms with Gasteiger partial charge in [-0.3, -0.25) is 81.5 Å². The molecule has 0 bridgehead atoms. The van der Waals surface area contributed by atoms with E-state index in [4.69, 9.17) is 11.5 Å². The number of unbranched alkanes of at least 4 members (excludes halogenated alkanes) is 3. The number of carboxylic acids is 1. The fraction of sp³-hybridized carbons (Fsp3) is 0.576. The molecule has 3 aliphatic rings. The number of rotatable bonds is 26. The van der Waals surface area contributed by atoms with Crippen molar-refractivity contribution in [3.05, 3.63) is 102 Å². The topological polar surface area (TPSA) is 559 Å². The van der Waals surface area contributed by atoms with Crippen LogP contribution in [0.15, 0.2) is 85.2 Å². The highest BCUT2D eigenvalue weighted by molar-refractivity contribution is 8.00. The second kappa shape index (κ2) is 50.4. The number of carbonyl (C=O) groups is 17. The minimum absolute atomic E-state index is 0.0164. The third kappa shape index (κ3) is 29.5. The van der Waals surface area contributed by atoms with Gasteiger partial charge in [-0.15, -0.1) is 11.8 Å². The number of carbonyl (C=O) groups excluding carboxylic acids is 16. The summed E-state index contributed by atoms with van der Waals surface area (Å²) in [6.45, 7) is 10.6. The van der Waals surface area contributed by atoms with Gasteiger partial charge in [0.05, 0.1) is 31.4 Å². The van der Waals surface area contributed by atoms with Crippen LogP contribution in [0.25, 0.3) is 21.8 Å². The van der Waals surface area contributed by atoms with E-state index in [0.29, 0.717) is 77.0 Å². The molecule has 8 rings (SSSR count). The number of thioether (sulfide) groups is 1. The Kier molecular flexibility index (Phi) is 40.2. The van der Waals surface area contributed by atoms with E-state index in [9.17, 15) is 63.3 Å². The summed E-state index contributed by atoms with van der Waals surface area (Å²) in [4.78, 5) is 261. The maximum atomic E-state index is 15.7. The Morgan fingerprint density at radius 2 is 1.04 bits per heavy atom. The highest BCUT2D eigenvalue weighted by Crippen LogP contribution is 2.30. The van der Waals surface area contributed by atoms with Crippen molar-refractivity contribution in [1.29, 1.82) is 0 Å². The van der Waals surface area contributed by atoms with Gasteiger partial charge < -0.3 is 109 Å². The molecule has 0 radical (unpaired) electrons. The maximum Gasteiger partial charge on any atom is 0.305 e. The first-order chi connectivity index (χ1) is 62.4. The second-order valence-corrected chi connectivity index (χ2v) is 36.2. The molecule has 5 aromatic rings. The number of H-pyrrole nitrogens is 2. The number of aromatic nitrogens is 2. The van der Waals surface area contributed by atoms with E-state index in [2.05, 4.69) is 57.8 Å². The van der Waals surface area contributed by atoms with Crippen molar-refractivity contribution in [3.63, 3.8) is 0 Å². The zero-order valence-electron chi connectivity index (χ0n) is 76.5. The summed E-state index contributed by atoms with van der Waals surface area (Å²) in [6, 6.07) is 1.07. The number of aliphatic hydroxyl groups excluding tert-OH is 1. The number of nitrogens with one attached hydrogen (secondary N) is 11. The molecule has 39 heteroatoms. The van der Waals surface area contributed by atoms with Crippen molar-refractivity contribution < 1.29 is 96.8 Å². The molecule has 3 fully saturated rings. The number of aliphatic carboxylic acids is 1. The van der Waals surface area contributed by atoms with E-state index in [0.717, 1.165) is 21.6 Å². The van der Waals surface area contributed by atoms with Crippen molar-refractivity contribution in [2.24, 2.45) is 29.2 Å². The summed E-state index contributed by atoms with van der Waals surface area (Å²) in [6.07, 6.45) is 4.46. The Labute approximate surface area is 767 Å². The third-order valence-corrected chi connectivity index (χ3v) is 25.3. The molecular weight excluding hydrogens is 1710 g/mol. The molecule has 3 saturated heterocycles. The van der Waals surface area contributed by atoms with Gasteiger partial charge >= 0.3 is 5.97 Å². The summed E-state index contributed by atoms with van der Waals surface area (Å²) < 4.78 is 0. The molecule has 3 aromatic carbocycles. The summed E-state index contributed by atoms with van der Waals surface area (Å²) in [7, 11) is 4.00. The molecule has 716 valence electrons. The maximum absolute atomic E-state index is 15.7. The van der Waals surface area contributed by atoms with Crippen molar-refractivity contribution >= 4 is 134 Å². The molecule has 0 spiro atoms. The van der Waals surface area contributed by atoms with Gasteiger partial charge in [-0.2, -0.15) is 0 Å². The van der Waals surface area contributed by atoms with Crippen LogP contribution in [-0.2, 0) is 101 Å². The van der Waals surface area contributed by atoms with Crippen LogP contribution in [0, 0.1) is 17.8 Å². The van der Waals surface area contributed by atoms with Gasteiger partial charge in [-0.25, -0.2) is 0 Å². The molecule has 5 heterocycles. The lowest BCUT2D eigenvalue weighted by Crippen LogP contribution is -2.61. The molecule has 2 aromatic heterocycles. The average molecular weight is 1840 g/mol. The fourth-order valence-electron chi connectivity index (χ4n) is 16.9. The first-order valence-electron chi connectivity index (χ1n) is 45.3. The number of para-hydroxylation sites is 2. The monoisotopic (exact) mass is 1840 g/mol. The molecule has 131 heavy (non-hydrogen) atoms. The zero-order chi connectivity index (χ0) is 96.0. The minimum Gasteiger partial charge on any atom is -0.508 e. The number of nitrogens with two attached hydrogens (primary N) is 2. The first-order valence-corrected chi connectivity index (χ1v) is 46.4. The lowest BCUT2D eigenvalue weighted by Gasteiger charge is -2.36. The van der Waals surface area contributed by atoms with Gasteiger partial charge in [0.15, 0.2) is 5.78 Å². The third-order valence-electron chi connectivity index (χ3n) is 24.3. The summed E-state index contributed by atoms with van der Waals surface area (Å²) in [5.74, 6) is -18.0. The molecule has 18 N–H and O–H groups in total. The van der Waals surface area contributed by atoms with Gasteiger partial charge in [0.2, 0.25) is 88.6 Å². The molecule has 14 atom stereocenters. The van der Waals surface area contributed by atoms with Gasteiger partial charge in [-0.05, 0) is 143 Å². The van der Waals surface area contributed by atoms with Crippen molar-refractivity contribution in [2.75, 3.05) is 65.4 Å². The number of primary amides is 1. The Morgan fingerprint density at radius 3 is 1.63 bits per heavy atom. The van der Waals surface area contributed by atoms with E-state index in [1.807, 2.05) is 45.9 Å². The quantitative estimate of drug-likeness (QED) is 0.0351. The van der Waals surface area contributed by atoms with Crippen LogP contribution in [0.5, 0.6) is 5.75 Å². The number of nitrogens with zero attached hydrogens (tertiary/aromatic N) is 5.